The molecule has 0 unspecified atom stereocenters. The Kier molecular flexibility index (Phi) is 4.51. The van der Waals surface area contributed by atoms with Crippen LogP contribution in [0.15, 0.2) is 24.3 Å². The van der Waals surface area contributed by atoms with Gasteiger partial charge in [-0.25, -0.2) is 8.42 Å². The summed E-state index contributed by atoms with van der Waals surface area (Å²) in [5.74, 6) is -1.93. The van der Waals surface area contributed by atoms with Crippen molar-refractivity contribution in [2.45, 2.75) is 6.92 Å². The molecule has 0 atom stereocenters. The summed E-state index contributed by atoms with van der Waals surface area (Å²) in [5.41, 5.74) is 1.08. The van der Waals surface area contributed by atoms with Gasteiger partial charge in [0.05, 0.1) is 5.75 Å². The Morgan fingerprint density at radius 2 is 1.88 bits per heavy atom. The summed E-state index contributed by atoms with van der Waals surface area (Å²) < 4.78 is 27.7. The van der Waals surface area contributed by atoms with E-state index in [9.17, 15) is 13.2 Å². The van der Waals surface area contributed by atoms with Crippen LogP contribution in [0, 0.1) is 6.92 Å². The number of hydrogen-bond donors (Lipinski definition) is 1. The first-order chi connectivity index (χ1) is 7.89. The number of aryl methyl sites for hydroxylation is 1. The van der Waals surface area contributed by atoms with Gasteiger partial charge in [0.1, 0.15) is 18.1 Å². The van der Waals surface area contributed by atoms with Crippen molar-refractivity contribution in [2.24, 2.45) is 0 Å². The molecular formula is C11H14O5S. The maximum absolute atomic E-state index is 11.2. The number of ether oxygens (including phenoxy) is 1. The molecule has 1 N–H and O–H groups in total. The van der Waals surface area contributed by atoms with Gasteiger partial charge in [-0.05, 0) is 19.1 Å². The molecule has 6 heteroatoms. The molecule has 0 saturated carbocycles. The number of sulfone groups is 1. The number of carboxylic acid groups (broad SMARTS) is 1. The van der Waals surface area contributed by atoms with Gasteiger partial charge in [-0.1, -0.05) is 17.7 Å². The van der Waals surface area contributed by atoms with Crippen molar-refractivity contribution < 1.29 is 23.1 Å². The van der Waals surface area contributed by atoms with Crippen LogP contribution in [0.2, 0.25) is 0 Å². The van der Waals surface area contributed by atoms with Crippen molar-refractivity contribution in [1.29, 1.82) is 0 Å². The molecule has 0 bridgehead atoms. The summed E-state index contributed by atoms with van der Waals surface area (Å²) in [6.07, 6.45) is 0. The standard InChI is InChI=1S/C11H14O5S/c1-9-2-4-10(5-3-9)16-6-7-17(14,15)8-11(12)13/h2-5H,6-8H2,1H3,(H,12,13). The minimum Gasteiger partial charge on any atom is -0.493 e. The maximum atomic E-state index is 11.2. The van der Waals surface area contributed by atoms with Gasteiger partial charge in [0.15, 0.2) is 9.84 Å². The SMILES string of the molecule is Cc1ccc(OCCS(=O)(=O)CC(=O)O)cc1. The number of carboxylic acids is 1. The van der Waals surface area contributed by atoms with Crippen molar-refractivity contribution in [3.05, 3.63) is 29.8 Å². The lowest BCUT2D eigenvalue weighted by Gasteiger charge is -2.06. The molecule has 0 fully saturated rings. The fourth-order valence-electron chi connectivity index (χ4n) is 1.18. The van der Waals surface area contributed by atoms with Crippen LogP contribution in [-0.2, 0) is 14.6 Å². The highest BCUT2D eigenvalue weighted by Gasteiger charge is 2.15. The van der Waals surface area contributed by atoms with E-state index in [1.165, 1.54) is 0 Å². The third-order valence-corrected chi connectivity index (χ3v) is 3.50. The number of carbonyl (C=O) groups is 1. The second-order valence-electron chi connectivity index (χ2n) is 3.65. The Bertz CT molecular complexity index is 475. The largest absolute Gasteiger partial charge is 0.493 e. The normalized spacial score (nSPS) is 11.1. The molecule has 5 nitrogen and oxygen atoms in total. The Morgan fingerprint density at radius 3 is 2.41 bits per heavy atom. The first kappa shape index (κ1) is 13.5. The lowest BCUT2D eigenvalue weighted by Crippen LogP contribution is -2.21. The molecule has 0 saturated heterocycles. The van der Waals surface area contributed by atoms with Crippen LogP contribution in [0.4, 0.5) is 0 Å². The fraction of sp³-hybridized carbons (Fsp3) is 0.364. The Morgan fingerprint density at radius 1 is 1.29 bits per heavy atom. The van der Waals surface area contributed by atoms with E-state index in [4.69, 9.17) is 9.84 Å². The van der Waals surface area contributed by atoms with Gasteiger partial charge in [-0.3, -0.25) is 4.79 Å². The Balaban J connectivity index is 2.42. The van der Waals surface area contributed by atoms with E-state index >= 15 is 0 Å². The quantitative estimate of drug-likeness (QED) is 0.819. The van der Waals surface area contributed by atoms with E-state index in [1.807, 2.05) is 19.1 Å². The maximum Gasteiger partial charge on any atom is 0.318 e. The van der Waals surface area contributed by atoms with E-state index in [0.29, 0.717) is 5.75 Å². The topological polar surface area (TPSA) is 80.7 Å². The molecule has 0 aromatic heterocycles. The molecule has 0 spiro atoms. The zero-order chi connectivity index (χ0) is 12.9. The van der Waals surface area contributed by atoms with Gasteiger partial charge >= 0.3 is 5.97 Å². The van der Waals surface area contributed by atoms with E-state index in [2.05, 4.69) is 0 Å². The molecule has 94 valence electrons. The number of benzene rings is 1. The lowest BCUT2D eigenvalue weighted by molar-refractivity contribution is -0.134. The zero-order valence-electron chi connectivity index (χ0n) is 9.42. The first-order valence-corrected chi connectivity index (χ1v) is 6.83. The molecule has 0 amide bonds. The molecule has 1 aromatic rings. The summed E-state index contributed by atoms with van der Waals surface area (Å²) in [6, 6.07) is 7.17. The molecular weight excluding hydrogens is 244 g/mol. The van der Waals surface area contributed by atoms with Gasteiger partial charge < -0.3 is 9.84 Å². The zero-order valence-corrected chi connectivity index (χ0v) is 10.2. The molecule has 0 aliphatic heterocycles. The van der Waals surface area contributed by atoms with E-state index in [-0.39, 0.29) is 12.4 Å². The summed E-state index contributed by atoms with van der Waals surface area (Å²) >= 11 is 0. The highest BCUT2D eigenvalue weighted by atomic mass is 32.2. The van der Waals surface area contributed by atoms with Crippen LogP contribution in [0.3, 0.4) is 0 Å². The Hall–Kier alpha value is -1.56. The predicted octanol–water partition coefficient (Wildman–Crippen LogP) is 0.873. The summed E-state index contributed by atoms with van der Waals surface area (Å²) in [4.78, 5) is 10.3. The number of aliphatic carboxylic acids is 1. The van der Waals surface area contributed by atoms with Crippen LogP contribution in [0.5, 0.6) is 5.75 Å². The van der Waals surface area contributed by atoms with Gasteiger partial charge in [-0.2, -0.15) is 0 Å². The predicted molar refractivity (Wildman–Crippen MR) is 63.0 cm³/mol. The highest BCUT2D eigenvalue weighted by molar-refractivity contribution is 7.92. The smallest absolute Gasteiger partial charge is 0.318 e. The van der Waals surface area contributed by atoms with Gasteiger partial charge in [0.2, 0.25) is 0 Å². The van der Waals surface area contributed by atoms with Crippen molar-refractivity contribution in [2.75, 3.05) is 18.1 Å². The second-order valence-corrected chi connectivity index (χ2v) is 5.83. The molecule has 0 aliphatic rings. The van der Waals surface area contributed by atoms with Crippen LogP contribution in [0.25, 0.3) is 0 Å². The third kappa shape index (κ3) is 5.35. The van der Waals surface area contributed by atoms with Crippen molar-refractivity contribution in [3.63, 3.8) is 0 Å². The van der Waals surface area contributed by atoms with Crippen molar-refractivity contribution in [3.8, 4) is 5.75 Å². The molecule has 17 heavy (non-hydrogen) atoms. The van der Waals surface area contributed by atoms with Crippen LogP contribution in [0.1, 0.15) is 5.56 Å². The van der Waals surface area contributed by atoms with Crippen molar-refractivity contribution >= 4 is 15.8 Å². The Labute approximate surface area is 100.0 Å². The van der Waals surface area contributed by atoms with E-state index in [0.717, 1.165) is 5.56 Å². The highest BCUT2D eigenvalue weighted by Crippen LogP contribution is 2.11. The summed E-state index contributed by atoms with van der Waals surface area (Å²) in [5, 5.41) is 8.38. The molecule has 1 aromatic carbocycles. The monoisotopic (exact) mass is 258 g/mol. The third-order valence-electron chi connectivity index (χ3n) is 2.03. The minimum atomic E-state index is -3.58. The van der Waals surface area contributed by atoms with Crippen LogP contribution in [-0.4, -0.2) is 37.6 Å². The van der Waals surface area contributed by atoms with Gasteiger partial charge in [0, 0.05) is 0 Å². The van der Waals surface area contributed by atoms with Crippen LogP contribution >= 0.6 is 0 Å². The summed E-state index contributed by atoms with van der Waals surface area (Å²) in [6.45, 7) is 1.89. The molecule has 1 rings (SSSR count). The summed E-state index contributed by atoms with van der Waals surface area (Å²) in [7, 11) is -3.58. The van der Waals surface area contributed by atoms with E-state index < -0.39 is 21.6 Å². The van der Waals surface area contributed by atoms with Crippen molar-refractivity contribution in [1.82, 2.24) is 0 Å². The first-order valence-electron chi connectivity index (χ1n) is 5.01. The molecule has 0 radical (unpaired) electrons. The van der Waals surface area contributed by atoms with Crippen LogP contribution < -0.4 is 4.74 Å². The average Bonchev–Trinajstić information content (AvgIpc) is 2.18. The number of hydrogen-bond acceptors (Lipinski definition) is 4. The van der Waals surface area contributed by atoms with E-state index in [1.54, 1.807) is 12.1 Å². The molecule has 0 aliphatic carbocycles. The average molecular weight is 258 g/mol. The molecule has 0 heterocycles. The number of rotatable bonds is 6. The lowest BCUT2D eigenvalue weighted by atomic mass is 10.2. The fourth-order valence-corrected chi connectivity index (χ4v) is 2.04. The minimum absolute atomic E-state index is 0.0430. The second kappa shape index (κ2) is 5.67. The van der Waals surface area contributed by atoms with Gasteiger partial charge in [-0.15, -0.1) is 0 Å². The van der Waals surface area contributed by atoms with Gasteiger partial charge in [0.25, 0.3) is 0 Å².